The SMILES string of the molecule is CN=C(NCc1cccnc1N(C)C)N1CC(C)OC(c2ccc(F)cc2)C1.I. The van der Waals surface area contributed by atoms with Gasteiger partial charge in [-0.2, -0.15) is 0 Å². The van der Waals surface area contributed by atoms with Crippen LogP contribution in [0, 0.1) is 5.82 Å². The Hall–Kier alpha value is -1.94. The van der Waals surface area contributed by atoms with E-state index in [4.69, 9.17) is 4.74 Å². The summed E-state index contributed by atoms with van der Waals surface area (Å²) in [5.41, 5.74) is 2.07. The average Bonchev–Trinajstić information content (AvgIpc) is 2.69. The second-order valence-electron chi connectivity index (χ2n) is 7.17. The smallest absolute Gasteiger partial charge is 0.194 e. The molecule has 1 aliphatic rings. The Morgan fingerprint density at radius 2 is 2.00 bits per heavy atom. The molecule has 6 nitrogen and oxygen atoms in total. The third kappa shape index (κ3) is 6.02. The monoisotopic (exact) mass is 513 g/mol. The molecule has 1 fully saturated rings. The number of aliphatic imine (C=N–C) groups is 1. The maximum atomic E-state index is 13.3. The van der Waals surface area contributed by atoms with Gasteiger partial charge in [-0.3, -0.25) is 4.99 Å². The van der Waals surface area contributed by atoms with Crippen LogP contribution in [0.25, 0.3) is 0 Å². The normalized spacial score (nSPS) is 19.5. The first-order valence-electron chi connectivity index (χ1n) is 9.45. The molecule has 2 atom stereocenters. The summed E-state index contributed by atoms with van der Waals surface area (Å²) in [5.74, 6) is 1.51. The molecule has 1 N–H and O–H groups in total. The summed E-state index contributed by atoms with van der Waals surface area (Å²) in [4.78, 5) is 13.1. The molecule has 158 valence electrons. The van der Waals surface area contributed by atoms with Gasteiger partial charge in [0.2, 0.25) is 0 Å². The number of aromatic nitrogens is 1. The number of guanidine groups is 1. The Balaban J connectivity index is 0.00000300. The molecule has 0 spiro atoms. The molecule has 1 aliphatic heterocycles. The van der Waals surface area contributed by atoms with Crippen LogP contribution < -0.4 is 10.2 Å². The number of ether oxygens (including phenoxy) is 1. The van der Waals surface area contributed by atoms with Gasteiger partial charge < -0.3 is 19.9 Å². The van der Waals surface area contributed by atoms with E-state index in [1.807, 2.05) is 32.0 Å². The molecule has 1 aromatic heterocycles. The minimum atomic E-state index is -0.241. The van der Waals surface area contributed by atoms with E-state index in [9.17, 15) is 4.39 Å². The quantitative estimate of drug-likeness (QED) is 0.386. The first kappa shape index (κ1) is 23.3. The lowest BCUT2D eigenvalue weighted by molar-refractivity contribution is -0.0605. The first-order valence-corrected chi connectivity index (χ1v) is 9.45. The van der Waals surface area contributed by atoms with Crippen molar-refractivity contribution in [3.63, 3.8) is 0 Å². The van der Waals surface area contributed by atoms with Gasteiger partial charge >= 0.3 is 0 Å². The number of nitrogens with zero attached hydrogens (tertiary/aromatic N) is 4. The Morgan fingerprint density at radius 1 is 1.28 bits per heavy atom. The van der Waals surface area contributed by atoms with Crippen LogP contribution in [0.2, 0.25) is 0 Å². The molecule has 0 radical (unpaired) electrons. The molecule has 2 heterocycles. The van der Waals surface area contributed by atoms with Crippen molar-refractivity contribution in [2.45, 2.75) is 25.7 Å². The number of benzene rings is 1. The van der Waals surface area contributed by atoms with Gasteiger partial charge in [0, 0.05) is 46.0 Å². The van der Waals surface area contributed by atoms with E-state index in [0.29, 0.717) is 13.1 Å². The molecule has 0 aliphatic carbocycles. The second-order valence-corrected chi connectivity index (χ2v) is 7.17. The number of pyridine rings is 1. The highest BCUT2D eigenvalue weighted by molar-refractivity contribution is 14.0. The highest BCUT2D eigenvalue weighted by Gasteiger charge is 2.28. The molecule has 1 aromatic carbocycles. The van der Waals surface area contributed by atoms with Crippen molar-refractivity contribution in [1.29, 1.82) is 0 Å². The number of halogens is 2. The Labute approximate surface area is 189 Å². The third-order valence-corrected chi connectivity index (χ3v) is 4.74. The molecule has 2 unspecified atom stereocenters. The molecule has 1 saturated heterocycles. The molecule has 3 rings (SSSR count). The molecule has 0 amide bonds. The topological polar surface area (TPSA) is 53.0 Å². The van der Waals surface area contributed by atoms with Gasteiger partial charge in [0.25, 0.3) is 0 Å². The van der Waals surface area contributed by atoms with Crippen molar-refractivity contribution < 1.29 is 9.13 Å². The van der Waals surface area contributed by atoms with E-state index in [0.717, 1.165) is 29.4 Å². The van der Waals surface area contributed by atoms with Crippen LogP contribution in [0.5, 0.6) is 0 Å². The maximum Gasteiger partial charge on any atom is 0.194 e. The van der Waals surface area contributed by atoms with E-state index in [-0.39, 0.29) is 42.0 Å². The molecule has 2 aromatic rings. The van der Waals surface area contributed by atoms with Gasteiger partial charge in [-0.1, -0.05) is 18.2 Å². The number of rotatable bonds is 4. The van der Waals surface area contributed by atoms with E-state index in [1.54, 1.807) is 25.4 Å². The van der Waals surface area contributed by atoms with Gasteiger partial charge in [-0.05, 0) is 30.7 Å². The van der Waals surface area contributed by atoms with Crippen molar-refractivity contribution >= 4 is 35.8 Å². The molecule has 0 bridgehead atoms. The average molecular weight is 513 g/mol. The predicted octanol–water partition coefficient (Wildman–Crippen LogP) is 3.44. The first-order chi connectivity index (χ1) is 13.5. The van der Waals surface area contributed by atoms with Crippen molar-refractivity contribution in [3.05, 3.63) is 59.5 Å². The van der Waals surface area contributed by atoms with Crippen LogP contribution in [-0.4, -0.2) is 56.2 Å². The fourth-order valence-corrected chi connectivity index (χ4v) is 3.46. The summed E-state index contributed by atoms with van der Waals surface area (Å²) < 4.78 is 19.3. The van der Waals surface area contributed by atoms with Crippen molar-refractivity contribution in [2.75, 3.05) is 39.1 Å². The molecule has 29 heavy (non-hydrogen) atoms. The summed E-state index contributed by atoms with van der Waals surface area (Å²) >= 11 is 0. The van der Waals surface area contributed by atoms with E-state index >= 15 is 0 Å². The van der Waals surface area contributed by atoms with Crippen LogP contribution in [0.4, 0.5) is 10.2 Å². The van der Waals surface area contributed by atoms with Crippen molar-refractivity contribution in [2.24, 2.45) is 4.99 Å². The number of hydrogen-bond acceptors (Lipinski definition) is 4. The Kier molecular flexibility index (Phi) is 8.63. The van der Waals surface area contributed by atoms with Crippen LogP contribution in [0.1, 0.15) is 24.2 Å². The molecular formula is C21H29FIN5O. The molecule has 0 saturated carbocycles. The molecule has 8 heteroatoms. The molecular weight excluding hydrogens is 484 g/mol. The van der Waals surface area contributed by atoms with Gasteiger partial charge in [0.15, 0.2) is 5.96 Å². The zero-order valence-electron chi connectivity index (χ0n) is 17.3. The Bertz CT molecular complexity index is 815. The number of hydrogen-bond donors (Lipinski definition) is 1. The van der Waals surface area contributed by atoms with E-state index < -0.39 is 0 Å². The third-order valence-electron chi connectivity index (χ3n) is 4.74. The number of anilines is 1. The van der Waals surface area contributed by atoms with Gasteiger partial charge in [0.05, 0.1) is 12.6 Å². The van der Waals surface area contributed by atoms with Gasteiger partial charge in [-0.15, -0.1) is 24.0 Å². The lowest BCUT2D eigenvalue weighted by Gasteiger charge is -2.38. The fourth-order valence-electron chi connectivity index (χ4n) is 3.46. The summed E-state index contributed by atoms with van der Waals surface area (Å²) in [6.07, 6.45) is 1.71. The zero-order valence-corrected chi connectivity index (χ0v) is 19.6. The van der Waals surface area contributed by atoms with Crippen LogP contribution >= 0.6 is 24.0 Å². The predicted molar refractivity (Wildman–Crippen MR) is 125 cm³/mol. The highest BCUT2D eigenvalue weighted by Crippen LogP contribution is 2.25. The van der Waals surface area contributed by atoms with E-state index in [2.05, 4.69) is 26.3 Å². The van der Waals surface area contributed by atoms with Gasteiger partial charge in [0.1, 0.15) is 17.7 Å². The highest BCUT2D eigenvalue weighted by atomic mass is 127. The summed E-state index contributed by atoms with van der Waals surface area (Å²) in [6, 6.07) is 10.5. The summed E-state index contributed by atoms with van der Waals surface area (Å²) in [5, 5.41) is 3.45. The van der Waals surface area contributed by atoms with E-state index in [1.165, 1.54) is 12.1 Å². The van der Waals surface area contributed by atoms with Gasteiger partial charge in [-0.25, -0.2) is 9.37 Å². The minimum absolute atomic E-state index is 0. The number of morpholine rings is 1. The lowest BCUT2D eigenvalue weighted by atomic mass is 10.1. The van der Waals surface area contributed by atoms with Crippen LogP contribution in [0.15, 0.2) is 47.6 Å². The minimum Gasteiger partial charge on any atom is -0.367 e. The summed E-state index contributed by atoms with van der Waals surface area (Å²) in [6.45, 7) is 4.07. The lowest BCUT2D eigenvalue weighted by Crippen LogP contribution is -2.50. The van der Waals surface area contributed by atoms with Crippen molar-refractivity contribution in [3.8, 4) is 0 Å². The Morgan fingerprint density at radius 3 is 2.66 bits per heavy atom. The van der Waals surface area contributed by atoms with Crippen molar-refractivity contribution in [1.82, 2.24) is 15.2 Å². The maximum absolute atomic E-state index is 13.3. The standard InChI is InChI=1S/C21H28FN5O.HI/c1-15-13-27(14-19(28-15)16-7-9-18(22)10-8-16)21(23-2)25-12-17-6-5-11-24-20(17)26(3)4;/h5-11,15,19H,12-14H2,1-4H3,(H,23,25);1H. The summed E-state index contributed by atoms with van der Waals surface area (Å²) in [7, 11) is 5.75. The van der Waals surface area contributed by atoms with Crippen LogP contribution in [0.3, 0.4) is 0 Å². The van der Waals surface area contributed by atoms with Crippen LogP contribution in [-0.2, 0) is 11.3 Å². The fraction of sp³-hybridized carbons (Fsp3) is 0.429. The zero-order chi connectivity index (χ0) is 20.1. The number of nitrogens with one attached hydrogen (secondary N) is 1. The second kappa shape index (κ2) is 10.7. The largest absolute Gasteiger partial charge is 0.367 e.